The highest BCUT2D eigenvalue weighted by molar-refractivity contribution is 5.96. The van der Waals surface area contributed by atoms with Crippen LogP contribution in [-0.2, 0) is 9.53 Å². The Labute approximate surface area is 113 Å². The summed E-state index contributed by atoms with van der Waals surface area (Å²) in [6.45, 7) is 1.02. The van der Waals surface area contributed by atoms with E-state index in [4.69, 9.17) is 4.74 Å². The number of anilines is 2. The molecule has 2 atom stereocenters. The van der Waals surface area contributed by atoms with Gasteiger partial charge in [-0.15, -0.1) is 0 Å². The van der Waals surface area contributed by atoms with Crippen molar-refractivity contribution in [3.8, 4) is 0 Å². The molecule has 2 unspecified atom stereocenters. The number of carbonyl (C=O) groups excluding carboxylic acids is 1. The number of ether oxygens (including phenoxy) is 1. The molecule has 0 aliphatic carbocycles. The van der Waals surface area contributed by atoms with E-state index >= 15 is 0 Å². The second-order valence-electron chi connectivity index (χ2n) is 4.82. The molecule has 1 fully saturated rings. The number of amides is 1. The predicted octanol–water partition coefficient (Wildman–Crippen LogP) is 0.321. The summed E-state index contributed by atoms with van der Waals surface area (Å²) in [4.78, 5) is 18.3. The SMILES string of the molecule is CNC1COCC1C(=O)Nc1cnccc1N(C)C. The Bertz CT molecular complexity index is 450. The molecule has 6 nitrogen and oxygen atoms in total. The first-order valence-corrected chi connectivity index (χ1v) is 6.30. The zero-order valence-corrected chi connectivity index (χ0v) is 11.5. The average molecular weight is 264 g/mol. The van der Waals surface area contributed by atoms with Crippen LogP contribution < -0.4 is 15.5 Å². The van der Waals surface area contributed by atoms with Crippen LogP contribution in [0.1, 0.15) is 0 Å². The van der Waals surface area contributed by atoms with Crippen molar-refractivity contribution in [2.45, 2.75) is 6.04 Å². The molecule has 104 valence electrons. The van der Waals surface area contributed by atoms with Gasteiger partial charge in [0.1, 0.15) is 0 Å². The molecular weight excluding hydrogens is 244 g/mol. The Balaban J connectivity index is 2.11. The standard InChI is InChI=1S/C13H20N4O2/c1-14-11-8-19-7-9(11)13(18)16-10-6-15-5-4-12(10)17(2)3/h4-6,9,11,14H,7-8H2,1-3H3,(H,16,18). The van der Waals surface area contributed by atoms with Crippen LogP contribution in [-0.4, -0.2) is 51.3 Å². The lowest BCUT2D eigenvalue weighted by Crippen LogP contribution is -2.39. The number of nitrogens with one attached hydrogen (secondary N) is 2. The lowest BCUT2D eigenvalue weighted by Gasteiger charge is -2.20. The van der Waals surface area contributed by atoms with Crippen molar-refractivity contribution in [3.05, 3.63) is 18.5 Å². The maximum absolute atomic E-state index is 12.3. The van der Waals surface area contributed by atoms with Crippen LogP contribution in [0.5, 0.6) is 0 Å². The molecule has 6 heteroatoms. The van der Waals surface area contributed by atoms with E-state index in [-0.39, 0.29) is 17.9 Å². The van der Waals surface area contributed by atoms with Crippen LogP contribution >= 0.6 is 0 Å². The predicted molar refractivity (Wildman–Crippen MR) is 74.4 cm³/mol. The molecule has 2 N–H and O–H groups in total. The fourth-order valence-electron chi connectivity index (χ4n) is 2.20. The molecule has 0 radical (unpaired) electrons. The molecule has 0 spiro atoms. The molecule has 1 aliphatic heterocycles. The van der Waals surface area contributed by atoms with E-state index in [1.807, 2.05) is 32.1 Å². The van der Waals surface area contributed by atoms with Gasteiger partial charge >= 0.3 is 0 Å². The van der Waals surface area contributed by atoms with Crippen molar-refractivity contribution in [1.29, 1.82) is 0 Å². The van der Waals surface area contributed by atoms with Crippen LogP contribution in [0, 0.1) is 5.92 Å². The zero-order valence-electron chi connectivity index (χ0n) is 11.5. The van der Waals surface area contributed by atoms with E-state index in [0.29, 0.717) is 13.2 Å². The van der Waals surface area contributed by atoms with E-state index in [0.717, 1.165) is 11.4 Å². The largest absolute Gasteiger partial charge is 0.379 e. The van der Waals surface area contributed by atoms with Crippen molar-refractivity contribution >= 4 is 17.3 Å². The minimum absolute atomic E-state index is 0.0343. The summed E-state index contributed by atoms with van der Waals surface area (Å²) in [6.07, 6.45) is 3.37. The average Bonchev–Trinajstić information content (AvgIpc) is 2.87. The fourth-order valence-corrected chi connectivity index (χ4v) is 2.20. The molecular formula is C13H20N4O2. The Morgan fingerprint density at radius 1 is 1.47 bits per heavy atom. The van der Waals surface area contributed by atoms with Crippen molar-refractivity contribution in [1.82, 2.24) is 10.3 Å². The fraction of sp³-hybridized carbons (Fsp3) is 0.538. The highest BCUT2D eigenvalue weighted by Crippen LogP contribution is 2.24. The van der Waals surface area contributed by atoms with Crippen LogP contribution in [0.25, 0.3) is 0 Å². The Morgan fingerprint density at radius 3 is 2.95 bits per heavy atom. The molecule has 1 aromatic heterocycles. The van der Waals surface area contributed by atoms with Crippen LogP contribution in [0.3, 0.4) is 0 Å². The first-order chi connectivity index (χ1) is 9.13. The Morgan fingerprint density at radius 2 is 2.26 bits per heavy atom. The number of pyridine rings is 1. The summed E-state index contributed by atoms with van der Waals surface area (Å²) in [5.74, 6) is -0.201. The molecule has 0 aromatic carbocycles. The third kappa shape index (κ3) is 3.02. The van der Waals surface area contributed by atoms with Gasteiger partial charge in [-0.05, 0) is 13.1 Å². The smallest absolute Gasteiger partial charge is 0.231 e. The molecule has 0 saturated carbocycles. The van der Waals surface area contributed by atoms with Gasteiger partial charge in [0.05, 0.1) is 36.7 Å². The van der Waals surface area contributed by atoms with E-state index in [9.17, 15) is 4.79 Å². The van der Waals surface area contributed by atoms with Gasteiger partial charge in [-0.2, -0.15) is 0 Å². The molecule has 2 rings (SSSR count). The first kappa shape index (κ1) is 13.8. The number of carbonyl (C=O) groups is 1. The highest BCUT2D eigenvalue weighted by atomic mass is 16.5. The van der Waals surface area contributed by atoms with Gasteiger partial charge < -0.3 is 20.3 Å². The van der Waals surface area contributed by atoms with Gasteiger partial charge in [0.2, 0.25) is 5.91 Å². The molecule has 0 bridgehead atoms. The number of hydrogen-bond donors (Lipinski definition) is 2. The Hall–Kier alpha value is -1.66. The van der Waals surface area contributed by atoms with Crippen molar-refractivity contribution < 1.29 is 9.53 Å². The number of hydrogen-bond acceptors (Lipinski definition) is 5. The molecule has 1 aromatic rings. The van der Waals surface area contributed by atoms with E-state index in [1.54, 1.807) is 12.4 Å². The van der Waals surface area contributed by atoms with Gasteiger partial charge in [0.25, 0.3) is 0 Å². The lowest BCUT2D eigenvalue weighted by atomic mass is 10.0. The van der Waals surface area contributed by atoms with Gasteiger partial charge in [0, 0.05) is 26.3 Å². The van der Waals surface area contributed by atoms with E-state index < -0.39 is 0 Å². The minimum Gasteiger partial charge on any atom is -0.379 e. The third-order valence-electron chi connectivity index (χ3n) is 3.33. The number of rotatable bonds is 4. The number of nitrogens with zero attached hydrogens (tertiary/aromatic N) is 2. The van der Waals surface area contributed by atoms with Crippen LogP contribution in [0.4, 0.5) is 11.4 Å². The van der Waals surface area contributed by atoms with Crippen LogP contribution in [0.2, 0.25) is 0 Å². The van der Waals surface area contributed by atoms with E-state index in [2.05, 4.69) is 15.6 Å². The molecule has 1 aliphatic rings. The zero-order chi connectivity index (χ0) is 13.8. The third-order valence-corrected chi connectivity index (χ3v) is 3.33. The van der Waals surface area contributed by atoms with Crippen molar-refractivity contribution in [3.63, 3.8) is 0 Å². The minimum atomic E-state index is -0.166. The first-order valence-electron chi connectivity index (χ1n) is 6.30. The molecule has 1 saturated heterocycles. The lowest BCUT2D eigenvalue weighted by molar-refractivity contribution is -0.120. The second kappa shape index (κ2) is 5.99. The summed E-state index contributed by atoms with van der Waals surface area (Å²) in [5, 5.41) is 6.04. The van der Waals surface area contributed by atoms with E-state index in [1.165, 1.54) is 0 Å². The quantitative estimate of drug-likeness (QED) is 0.820. The normalized spacial score (nSPS) is 22.3. The summed E-state index contributed by atoms with van der Waals surface area (Å²) in [6, 6.07) is 1.94. The Kier molecular flexibility index (Phi) is 4.34. The summed E-state index contributed by atoms with van der Waals surface area (Å²) < 4.78 is 5.35. The monoisotopic (exact) mass is 264 g/mol. The van der Waals surface area contributed by atoms with Gasteiger partial charge in [0.15, 0.2) is 0 Å². The second-order valence-corrected chi connectivity index (χ2v) is 4.82. The number of aromatic nitrogens is 1. The maximum atomic E-state index is 12.3. The maximum Gasteiger partial charge on any atom is 0.231 e. The highest BCUT2D eigenvalue weighted by Gasteiger charge is 2.33. The van der Waals surface area contributed by atoms with Gasteiger partial charge in [-0.1, -0.05) is 0 Å². The number of likely N-dealkylation sites (N-methyl/N-ethyl adjacent to an activating group) is 1. The van der Waals surface area contributed by atoms with Crippen molar-refractivity contribution in [2.24, 2.45) is 5.92 Å². The molecule has 1 amide bonds. The topological polar surface area (TPSA) is 66.5 Å². The van der Waals surface area contributed by atoms with Gasteiger partial charge in [-0.3, -0.25) is 9.78 Å². The van der Waals surface area contributed by atoms with Crippen molar-refractivity contribution in [2.75, 3.05) is 44.6 Å². The summed E-state index contributed by atoms with van der Waals surface area (Å²) in [5.41, 5.74) is 1.66. The van der Waals surface area contributed by atoms with Crippen LogP contribution in [0.15, 0.2) is 18.5 Å². The summed E-state index contributed by atoms with van der Waals surface area (Å²) >= 11 is 0. The summed E-state index contributed by atoms with van der Waals surface area (Å²) in [7, 11) is 5.70. The molecule has 2 heterocycles. The van der Waals surface area contributed by atoms with Gasteiger partial charge in [-0.25, -0.2) is 0 Å². The molecule has 19 heavy (non-hydrogen) atoms.